The van der Waals surface area contributed by atoms with Crippen molar-refractivity contribution in [2.45, 2.75) is 19.3 Å². The van der Waals surface area contributed by atoms with Crippen molar-refractivity contribution in [3.05, 3.63) is 92.7 Å². The Labute approximate surface area is 226 Å². The van der Waals surface area contributed by atoms with Crippen LogP contribution in [-0.2, 0) is 12.4 Å². The second-order valence-electron chi connectivity index (χ2n) is 7.81. The van der Waals surface area contributed by atoms with Gasteiger partial charge < -0.3 is 9.47 Å². The van der Waals surface area contributed by atoms with Gasteiger partial charge in [0.15, 0.2) is 5.75 Å². The number of alkyl halides is 6. The first-order valence-electron chi connectivity index (χ1n) is 10.4. The van der Waals surface area contributed by atoms with E-state index in [1.54, 1.807) is 31.2 Å². The zero-order valence-corrected chi connectivity index (χ0v) is 21.2. The summed E-state index contributed by atoms with van der Waals surface area (Å²) in [5.74, 6) is -0.102. The number of hydrogen-bond acceptors (Lipinski definition) is 4. The maximum atomic E-state index is 12.9. The van der Waals surface area contributed by atoms with E-state index in [1.807, 2.05) is 0 Å². The number of aryl methyl sites for hydroxylation is 1. The number of hydrogen-bond donors (Lipinski definition) is 0. The van der Waals surface area contributed by atoms with Gasteiger partial charge in [-0.05, 0) is 48.4 Å². The molecule has 13 heteroatoms. The molecule has 0 aliphatic carbocycles. The molecule has 0 aliphatic rings. The van der Waals surface area contributed by atoms with E-state index >= 15 is 0 Å². The van der Waals surface area contributed by atoms with Gasteiger partial charge in [-0.3, -0.25) is 0 Å². The molecule has 2 aromatic heterocycles. The molecule has 0 unspecified atom stereocenters. The van der Waals surface area contributed by atoms with Crippen molar-refractivity contribution in [1.29, 1.82) is 0 Å². The van der Waals surface area contributed by atoms with Gasteiger partial charge in [-0.15, -0.1) is 0 Å². The van der Waals surface area contributed by atoms with Gasteiger partial charge in [0, 0.05) is 24.0 Å². The molecule has 0 aliphatic heterocycles. The molecule has 0 saturated carbocycles. The first kappa shape index (κ1) is 27.8. The van der Waals surface area contributed by atoms with Crippen molar-refractivity contribution in [3.8, 4) is 34.4 Å². The van der Waals surface area contributed by atoms with Gasteiger partial charge in [0.2, 0.25) is 11.8 Å². The van der Waals surface area contributed by atoms with E-state index in [2.05, 4.69) is 9.97 Å². The van der Waals surface area contributed by atoms with Gasteiger partial charge in [-0.2, -0.15) is 26.3 Å². The lowest BCUT2D eigenvalue weighted by Gasteiger charge is -2.15. The van der Waals surface area contributed by atoms with Crippen molar-refractivity contribution >= 4 is 34.8 Å². The Morgan fingerprint density at radius 1 is 0.711 bits per heavy atom. The van der Waals surface area contributed by atoms with Crippen molar-refractivity contribution in [3.63, 3.8) is 0 Å². The van der Waals surface area contributed by atoms with Crippen LogP contribution in [0.3, 0.4) is 0 Å². The van der Waals surface area contributed by atoms with Crippen LogP contribution in [0.1, 0.15) is 16.7 Å². The number of pyridine rings is 2. The highest BCUT2D eigenvalue weighted by atomic mass is 35.5. The fourth-order valence-corrected chi connectivity index (χ4v) is 4.01. The Kier molecular flexibility index (Phi) is 7.69. The summed E-state index contributed by atoms with van der Waals surface area (Å²) >= 11 is 18.7. The second-order valence-corrected chi connectivity index (χ2v) is 9.01. The molecule has 2 heterocycles. The van der Waals surface area contributed by atoms with Gasteiger partial charge >= 0.3 is 12.4 Å². The first-order chi connectivity index (χ1) is 17.7. The molecule has 2 aromatic carbocycles. The molecule has 0 N–H and O–H groups in total. The number of nitrogens with zero attached hydrogens (tertiary/aromatic N) is 2. The van der Waals surface area contributed by atoms with E-state index in [0.717, 1.165) is 12.1 Å². The summed E-state index contributed by atoms with van der Waals surface area (Å²) in [5.41, 5.74) is -0.324. The summed E-state index contributed by atoms with van der Waals surface area (Å²) in [7, 11) is 0. The van der Waals surface area contributed by atoms with Crippen LogP contribution in [0, 0.1) is 6.92 Å². The standard InChI is InChI=1S/C25H13Cl3F6N2O2/c1-12-8-13(2-6-19(12)37-23-18(27)9-15(11-36-23)25(32,33)34)16-4-5-17(26)22(21(16)28)38-20-7-3-14(10-35-20)24(29,30)31/h2-11H,1H3. The van der Waals surface area contributed by atoms with E-state index in [-0.39, 0.29) is 38.3 Å². The average molecular weight is 594 g/mol. The van der Waals surface area contributed by atoms with Gasteiger partial charge in [0.05, 0.1) is 21.2 Å². The highest BCUT2D eigenvalue weighted by molar-refractivity contribution is 6.39. The van der Waals surface area contributed by atoms with Gasteiger partial charge in [-0.1, -0.05) is 46.9 Å². The molecule has 4 nitrogen and oxygen atoms in total. The van der Waals surface area contributed by atoms with E-state index < -0.39 is 23.5 Å². The molecule has 0 atom stereocenters. The minimum absolute atomic E-state index is 0.0168. The number of rotatable bonds is 5. The van der Waals surface area contributed by atoms with Crippen molar-refractivity contribution < 1.29 is 35.8 Å². The number of aromatic nitrogens is 2. The number of benzene rings is 2. The zero-order chi connectivity index (χ0) is 27.8. The van der Waals surface area contributed by atoms with Crippen molar-refractivity contribution in [1.82, 2.24) is 9.97 Å². The van der Waals surface area contributed by atoms with E-state index in [9.17, 15) is 26.3 Å². The Morgan fingerprint density at radius 2 is 1.39 bits per heavy atom. The Hall–Kier alpha value is -3.21. The lowest BCUT2D eigenvalue weighted by atomic mass is 10.0. The Balaban J connectivity index is 1.60. The van der Waals surface area contributed by atoms with Crippen LogP contribution >= 0.6 is 34.8 Å². The van der Waals surface area contributed by atoms with Crippen LogP contribution in [0.15, 0.2) is 60.9 Å². The third-order valence-electron chi connectivity index (χ3n) is 5.15. The maximum absolute atomic E-state index is 12.9. The largest absolute Gasteiger partial charge is 0.437 e. The molecule has 38 heavy (non-hydrogen) atoms. The number of halogens is 9. The lowest BCUT2D eigenvalue weighted by molar-refractivity contribution is -0.138. The van der Waals surface area contributed by atoms with Crippen LogP contribution in [0.4, 0.5) is 26.3 Å². The normalized spacial score (nSPS) is 11.9. The Morgan fingerprint density at radius 3 is 1.97 bits per heavy atom. The van der Waals surface area contributed by atoms with Crippen LogP contribution in [-0.4, -0.2) is 9.97 Å². The molecule has 198 valence electrons. The van der Waals surface area contributed by atoms with Crippen molar-refractivity contribution in [2.75, 3.05) is 0 Å². The first-order valence-corrected chi connectivity index (χ1v) is 11.6. The molecular formula is C25H13Cl3F6N2O2. The van der Waals surface area contributed by atoms with E-state index in [1.165, 1.54) is 6.07 Å². The topological polar surface area (TPSA) is 44.2 Å². The summed E-state index contributed by atoms with van der Waals surface area (Å²) in [5, 5.41) is -0.150. The fraction of sp³-hybridized carbons (Fsp3) is 0.120. The predicted molar refractivity (Wildman–Crippen MR) is 130 cm³/mol. The predicted octanol–water partition coefficient (Wildman–Crippen LogP) is 10.0. The lowest BCUT2D eigenvalue weighted by Crippen LogP contribution is -2.05. The summed E-state index contributed by atoms with van der Waals surface area (Å²) in [6.07, 6.45) is -7.91. The molecule has 0 bridgehead atoms. The van der Waals surface area contributed by atoms with Crippen molar-refractivity contribution in [2.24, 2.45) is 0 Å². The fourth-order valence-electron chi connectivity index (χ4n) is 3.25. The highest BCUT2D eigenvalue weighted by Gasteiger charge is 2.32. The van der Waals surface area contributed by atoms with Crippen LogP contribution in [0.25, 0.3) is 11.1 Å². The van der Waals surface area contributed by atoms with Gasteiger partial charge in [0.25, 0.3) is 0 Å². The van der Waals surface area contributed by atoms with Crippen LogP contribution < -0.4 is 9.47 Å². The molecule has 0 saturated heterocycles. The second kappa shape index (κ2) is 10.5. The Bertz CT molecular complexity index is 1490. The molecular weight excluding hydrogens is 581 g/mol. The van der Waals surface area contributed by atoms with E-state index in [0.29, 0.717) is 35.2 Å². The average Bonchev–Trinajstić information content (AvgIpc) is 2.83. The molecule has 4 aromatic rings. The molecule has 4 rings (SSSR count). The van der Waals surface area contributed by atoms with E-state index in [4.69, 9.17) is 44.3 Å². The minimum Gasteiger partial charge on any atom is -0.437 e. The minimum atomic E-state index is -4.60. The zero-order valence-electron chi connectivity index (χ0n) is 18.9. The highest BCUT2D eigenvalue weighted by Crippen LogP contribution is 2.43. The summed E-state index contributed by atoms with van der Waals surface area (Å²) in [6.45, 7) is 1.68. The maximum Gasteiger partial charge on any atom is 0.417 e. The van der Waals surface area contributed by atoms with Gasteiger partial charge in [0.1, 0.15) is 10.8 Å². The molecule has 0 spiro atoms. The van der Waals surface area contributed by atoms with Gasteiger partial charge in [-0.25, -0.2) is 9.97 Å². The quantitative estimate of drug-likeness (QED) is 0.216. The smallest absolute Gasteiger partial charge is 0.417 e. The molecule has 0 radical (unpaired) electrons. The van der Waals surface area contributed by atoms with Crippen LogP contribution in [0.5, 0.6) is 23.3 Å². The summed E-state index contributed by atoms with van der Waals surface area (Å²) in [4.78, 5) is 7.32. The summed E-state index contributed by atoms with van der Waals surface area (Å²) in [6, 6.07) is 10.5. The third kappa shape index (κ3) is 6.09. The third-order valence-corrected chi connectivity index (χ3v) is 6.09. The van der Waals surface area contributed by atoms with Crippen LogP contribution in [0.2, 0.25) is 15.1 Å². The monoisotopic (exact) mass is 592 g/mol. The SMILES string of the molecule is Cc1cc(-c2ccc(Cl)c(Oc3ccc(C(F)(F)F)cn3)c2Cl)ccc1Oc1ncc(C(F)(F)F)cc1Cl. The number of ether oxygens (including phenoxy) is 2. The molecule has 0 fully saturated rings. The summed E-state index contributed by atoms with van der Waals surface area (Å²) < 4.78 is 88.1. The molecule has 0 amide bonds.